The third kappa shape index (κ3) is 3.80. The second-order valence-corrected chi connectivity index (χ2v) is 5.89. The van der Waals surface area contributed by atoms with E-state index in [-0.39, 0.29) is 5.75 Å². The highest BCUT2D eigenvalue weighted by atomic mass is 32.1. The van der Waals surface area contributed by atoms with Crippen LogP contribution in [0.4, 0.5) is 0 Å². The first-order chi connectivity index (χ1) is 10.8. The summed E-state index contributed by atoms with van der Waals surface area (Å²) in [5, 5.41) is 67.7. The van der Waals surface area contributed by atoms with E-state index in [2.05, 4.69) is 12.6 Å². The number of hydrogen-bond donors (Lipinski definition) is 8. The highest BCUT2D eigenvalue weighted by Gasteiger charge is 2.49. The Morgan fingerprint density at radius 1 is 0.783 bits per heavy atom. The second-order valence-electron chi connectivity index (χ2n) is 5.53. The fraction of sp³-hybridized carbons (Fsp3) is 1.00. The highest BCUT2D eigenvalue weighted by molar-refractivity contribution is 7.80. The molecule has 2 fully saturated rings. The van der Waals surface area contributed by atoms with Gasteiger partial charge in [-0.05, 0) is 0 Å². The molecule has 2 aliphatic rings. The first-order valence-electron chi connectivity index (χ1n) is 7.08. The fourth-order valence-electron chi connectivity index (χ4n) is 2.57. The lowest BCUT2D eigenvalue weighted by Gasteiger charge is -2.45. The van der Waals surface area contributed by atoms with Crippen LogP contribution in [0.1, 0.15) is 0 Å². The molecule has 0 bridgehead atoms. The standard InChI is InChI=1S/C12H22O10S/c13-1-3-10(7(16)8(17)11(19)20-3)22-12-9(18)6(15)5(14)4(2-23)21-12/h3-19,23H,1-2H2/t3?,4?,5-,6-,7+,8?,9?,10+,11?,12-/m0/s1. The number of thiol groups is 1. The molecule has 0 amide bonds. The van der Waals surface area contributed by atoms with E-state index in [0.717, 1.165) is 0 Å². The van der Waals surface area contributed by atoms with Gasteiger partial charge in [-0.2, -0.15) is 12.6 Å². The van der Waals surface area contributed by atoms with E-state index in [0.29, 0.717) is 0 Å². The van der Waals surface area contributed by atoms with E-state index in [9.17, 15) is 35.7 Å². The number of hydrogen-bond acceptors (Lipinski definition) is 11. The monoisotopic (exact) mass is 358 g/mol. The van der Waals surface area contributed by atoms with Gasteiger partial charge < -0.3 is 50.0 Å². The van der Waals surface area contributed by atoms with Crippen molar-refractivity contribution in [3.8, 4) is 0 Å². The normalized spacial score (nSPS) is 51.7. The van der Waals surface area contributed by atoms with Crippen molar-refractivity contribution in [2.24, 2.45) is 0 Å². The molecule has 5 unspecified atom stereocenters. The predicted molar refractivity (Wildman–Crippen MR) is 75.4 cm³/mol. The minimum atomic E-state index is -1.71. The average molecular weight is 358 g/mol. The van der Waals surface area contributed by atoms with Crippen molar-refractivity contribution < 1.29 is 50.0 Å². The Balaban J connectivity index is 2.11. The van der Waals surface area contributed by atoms with Gasteiger partial charge in [-0.15, -0.1) is 0 Å². The van der Waals surface area contributed by atoms with Crippen molar-refractivity contribution in [1.29, 1.82) is 0 Å². The first kappa shape index (κ1) is 19.3. The van der Waals surface area contributed by atoms with Crippen LogP contribution in [-0.2, 0) is 14.2 Å². The highest BCUT2D eigenvalue weighted by Crippen LogP contribution is 2.28. The van der Waals surface area contributed by atoms with Crippen LogP contribution in [0.25, 0.3) is 0 Å². The van der Waals surface area contributed by atoms with Crippen LogP contribution in [-0.4, -0.2) is 110 Å². The summed E-state index contributed by atoms with van der Waals surface area (Å²) in [6.07, 6.45) is -14.6. The average Bonchev–Trinajstić information content (AvgIpc) is 2.55. The number of aliphatic hydroxyl groups excluding tert-OH is 7. The molecule has 2 aliphatic heterocycles. The van der Waals surface area contributed by atoms with Gasteiger partial charge in [0.05, 0.1) is 12.7 Å². The second kappa shape index (κ2) is 7.89. The van der Waals surface area contributed by atoms with Crippen LogP contribution < -0.4 is 0 Å². The van der Waals surface area contributed by atoms with E-state index in [4.69, 9.17) is 14.2 Å². The minimum Gasteiger partial charge on any atom is -0.394 e. The Morgan fingerprint density at radius 2 is 1.43 bits per heavy atom. The van der Waals surface area contributed by atoms with Crippen LogP contribution in [0, 0.1) is 0 Å². The molecule has 0 radical (unpaired) electrons. The maximum atomic E-state index is 9.98. The molecule has 136 valence electrons. The van der Waals surface area contributed by atoms with Gasteiger partial charge in [0.15, 0.2) is 12.6 Å². The molecule has 0 saturated carbocycles. The van der Waals surface area contributed by atoms with Gasteiger partial charge in [-0.1, -0.05) is 0 Å². The van der Waals surface area contributed by atoms with Crippen molar-refractivity contribution in [3.05, 3.63) is 0 Å². The molecule has 10 atom stereocenters. The molecule has 11 heteroatoms. The largest absolute Gasteiger partial charge is 0.394 e. The van der Waals surface area contributed by atoms with Gasteiger partial charge in [0.1, 0.15) is 42.7 Å². The lowest BCUT2D eigenvalue weighted by molar-refractivity contribution is -0.351. The molecule has 2 saturated heterocycles. The summed E-state index contributed by atoms with van der Waals surface area (Å²) >= 11 is 3.96. The Kier molecular flexibility index (Phi) is 6.61. The van der Waals surface area contributed by atoms with E-state index in [1.807, 2.05) is 0 Å². The first-order valence-corrected chi connectivity index (χ1v) is 7.71. The molecule has 0 aromatic rings. The van der Waals surface area contributed by atoms with Crippen molar-refractivity contribution >= 4 is 12.6 Å². The zero-order chi connectivity index (χ0) is 17.3. The molecule has 0 aliphatic carbocycles. The van der Waals surface area contributed by atoms with Gasteiger partial charge in [-0.25, -0.2) is 0 Å². The molecule has 2 heterocycles. The molecule has 0 aromatic carbocycles. The van der Waals surface area contributed by atoms with E-state index in [1.54, 1.807) is 0 Å². The van der Waals surface area contributed by atoms with Gasteiger partial charge in [0.25, 0.3) is 0 Å². The van der Waals surface area contributed by atoms with Gasteiger partial charge in [0.2, 0.25) is 0 Å². The molecular weight excluding hydrogens is 336 g/mol. The van der Waals surface area contributed by atoms with Gasteiger partial charge >= 0.3 is 0 Å². The number of ether oxygens (including phenoxy) is 3. The van der Waals surface area contributed by atoms with Crippen LogP contribution in [0.3, 0.4) is 0 Å². The van der Waals surface area contributed by atoms with Crippen molar-refractivity contribution in [2.75, 3.05) is 12.4 Å². The smallest absolute Gasteiger partial charge is 0.187 e. The quantitative estimate of drug-likeness (QED) is 0.229. The van der Waals surface area contributed by atoms with Gasteiger partial charge in [-0.3, -0.25) is 0 Å². The lowest BCUT2D eigenvalue weighted by atomic mass is 9.97. The number of rotatable bonds is 4. The summed E-state index contributed by atoms with van der Waals surface area (Å²) in [4.78, 5) is 0. The minimum absolute atomic E-state index is 0.0271. The molecule has 23 heavy (non-hydrogen) atoms. The Labute approximate surface area is 137 Å². The maximum Gasteiger partial charge on any atom is 0.187 e. The van der Waals surface area contributed by atoms with Crippen molar-refractivity contribution in [3.63, 3.8) is 0 Å². The number of aliphatic hydroxyl groups is 7. The lowest BCUT2D eigenvalue weighted by Crippen LogP contribution is -2.64. The Bertz CT molecular complexity index is 383. The third-order valence-electron chi connectivity index (χ3n) is 3.98. The van der Waals surface area contributed by atoms with Crippen LogP contribution in [0.5, 0.6) is 0 Å². The van der Waals surface area contributed by atoms with Crippen molar-refractivity contribution in [1.82, 2.24) is 0 Å². The van der Waals surface area contributed by atoms with Crippen molar-refractivity contribution in [2.45, 2.75) is 61.4 Å². The van der Waals surface area contributed by atoms with Crippen LogP contribution in [0.2, 0.25) is 0 Å². The molecule has 0 spiro atoms. The topological polar surface area (TPSA) is 169 Å². The molecule has 0 aromatic heterocycles. The van der Waals surface area contributed by atoms with E-state index < -0.39 is 68.0 Å². The molecular formula is C12H22O10S. The van der Waals surface area contributed by atoms with E-state index >= 15 is 0 Å². The summed E-state index contributed by atoms with van der Waals surface area (Å²) in [6, 6.07) is 0. The summed E-state index contributed by atoms with van der Waals surface area (Å²) in [7, 11) is 0. The SMILES string of the molecule is OCC1OC(O)C(O)[C@@H](O)[C@@H]1O[C@@H]1OC(CS)[C@H](O)[C@H](O)C1O. The fourth-order valence-corrected chi connectivity index (χ4v) is 2.87. The Morgan fingerprint density at radius 3 is 2.00 bits per heavy atom. The zero-order valence-corrected chi connectivity index (χ0v) is 12.9. The van der Waals surface area contributed by atoms with E-state index in [1.165, 1.54) is 0 Å². The Hall–Kier alpha value is -0.0500. The molecule has 2 rings (SSSR count). The molecule has 7 N–H and O–H groups in total. The maximum absolute atomic E-state index is 9.98. The van der Waals surface area contributed by atoms with Gasteiger partial charge in [0, 0.05) is 5.75 Å². The summed E-state index contributed by atoms with van der Waals surface area (Å²) in [5.74, 6) is 0.0271. The zero-order valence-electron chi connectivity index (χ0n) is 12.0. The predicted octanol–water partition coefficient (Wildman–Crippen LogP) is -4.46. The summed E-state index contributed by atoms with van der Waals surface area (Å²) < 4.78 is 15.5. The van der Waals surface area contributed by atoms with Crippen LogP contribution >= 0.6 is 12.6 Å². The molecule has 10 nitrogen and oxygen atoms in total. The summed E-state index contributed by atoms with van der Waals surface area (Å²) in [5.41, 5.74) is 0. The van der Waals surface area contributed by atoms with Crippen LogP contribution in [0.15, 0.2) is 0 Å². The third-order valence-corrected chi connectivity index (χ3v) is 4.34. The summed E-state index contributed by atoms with van der Waals surface area (Å²) in [6.45, 7) is -0.643.